The van der Waals surface area contributed by atoms with Gasteiger partial charge in [-0.1, -0.05) is 6.07 Å². The van der Waals surface area contributed by atoms with Gasteiger partial charge in [-0.15, -0.1) is 0 Å². The Kier molecular flexibility index (Phi) is 5.01. The molecule has 2 aromatic heterocycles. The van der Waals surface area contributed by atoms with Crippen LogP contribution in [0.5, 0.6) is 0 Å². The fourth-order valence-electron chi connectivity index (χ4n) is 3.01. The second-order valence-electron chi connectivity index (χ2n) is 6.26. The lowest BCUT2D eigenvalue weighted by Gasteiger charge is -2.16. The highest BCUT2D eigenvalue weighted by Gasteiger charge is 2.32. The maximum atomic E-state index is 12.1. The quantitative estimate of drug-likeness (QED) is 0.880. The Balaban J connectivity index is 1.82. The summed E-state index contributed by atoms with van der Waals surface area (Å²) in [6, 6.07) is 5.76. The highest BCUT2D eigenvalue weighted by Crippen LogP contribution is 2.29. The molecule has 0 aliphatic carbocycles. The first kappa shape index (κ1) is 17.8. The van der Waals surface area contributed by atoms with E-state index in [1.54, 1.807) is 17.4 Å². The fraction of sp³-hybridized carbons (Fsp3) is 0.471. The minimum absolute atomic E-state index is 0.0911. The number of hydrogen-bond acceptors (Lipinski definition) is 6. The molecule has 0 bridgehead atoms. The second kappa shape index (κ2) is 7.05. The summed E-state index contributed by atoms with van der Waals surface area (Å²) in [6.07, 6.45) is 2.51. The smallest absolute Gasteiger partial charge is 0.213 e. The van der Waals surface area contributed by atoms with E-state index >= 15 is 0 Å². The molecule has 0 radical (unpaired) electrons. The monoisotopic (exact) mass is 361 g/mol. The number of anilines is 2. The summed E-state index contributed by atoms with van der Waals surface area (Å²) in [5.74, 6) is 2.32. The zero-order valence-corrected chi connectivity index (χ0v) is 15.5. The predicted molar refractivity (Wildman–Crippen MR) is 97.4 cm³/mol. The largest absolute Gasteiger partial charge is 0.325 e. The Labute approximate surface area is 148 Å². The van der Waals surface area contributed by atoms with E-state index < -0.39 is 10.0 Å². The van der Waals surface area contributed by atoms with Gasteiger partial charge in [0.05, 0.1) is 11.4 Å². The van der Waals surface area contributed by atoms with Crippen molar-refractivity contribution in [1.29, 1.82) is 0 Å². The minimum Gasteiger partial charge on any atom is -0.325 e. The summed E-state index contributed by atoms with van der Waals surface area (Å²) in [7, 11) is -3.15. The topological polar surface area (TPSA) is 88.1 Å². The second-order valence-corrected chi connectivity index (χ2v) is 8.52. The summed E-state index contributed by atoms with van der Waals surface area (Å²) in [4.78, 5) is 13.3. The SMILES string of the molecule is CCS(=O)(=O)N1CC[C@@H](c2cc(Nc3ncccc3C)nc(C)n2)C1. The van der Waals surface area contributed by atoms with Crippen LogP contribution in [0, 0.1) is 13.8 Å². The first-order valence-electron chi connectivity index (χ1n) is 8.41. The molecule has 7 nitrogen and oxygen atoms in total. The van der Waals surface area contributed by atoms with Gasteiger partial charge in [-0.25, -0.2) is 27.7 Å². The summed E-state index contributed by atoms with van der Waals surface area (Å²) < 4.78 is 25.7. The third-order valence-corrected chi connectivity index (χ3v) is 6.29. The molecule has 1 N–H and O–H groups in total. The summed E-state index contributed by atoms with van der Waals surface area (Å²) >= 11 is 0. The van der Waals surface area contributed by atoms with Gasteiger partial charge in [-0.05, 0) is 38.8 Å². The fourth-order valence-corrected chi connectivity index (χ4v) is 4.16. The molecule has 0 amide bonds. The van der Waals surface area contributed by atoms with Crippen molar-refractivity contribution < 1.29 is 8.42 Å². The van der Waals surface area contributed by atoms with Crippen molar-refractivity contribution in [3.63, 3.8) is 0 Å². The van der Waals surface area contributed by atoms with Crippen LogP contribution in [0.1, 0.15) is 36.3 Å². The van der Waals surface area contributed by atoms with Crippen molar-refractivity contribution in [2.45, 2.75) is 33.1 Å². The van der Waals surface area contributed by atoms with E-state index in [9.17, 15) is 8.42 Å². The zero-order chi connectivity index (χ0) is 18.0. The number of nitrogens with zero attached hydrogens (tertiary/aromatic N) is 4. The van der Waals surface area contributed by atoms with E-state index in [0.717, 1.165) is 23.5 Å². The minimum atomic E-state index is -3.15. The van der Waals surface area contributed by atoms with Gasteiger partial charge in [0.25, 0.3) is 0 Å². The molecule has 1 fully saturated rings. The van der Waals surface area contributed by atoms with Gasteiger partial charge < -0.3 is 5.32 Å². The molecule has 8 heteroatoms. The molecule has 0 unspecified atom stereocenters. The van der Waals surface area contributed by atoms with E-state index in [1.165, 1.54) is 0 Å². The number of rotatable bonds is 5. The van der Waals surface area contributed by atoms with Gasteiger partial charge >= 0.3 is 0 Å². The highest BCUT2D eigenvalue weighted by molar-refractivity contribution is 7.89. The molecule has 2 aromatic rings. The van der Waals surface area contributed by atoms with Crippen LogP contribution >= 0.6 is 0 Å². The summed E-state index contributed by atoms with van der Waals surface area (Å²) in [6.45, 7) is 6.53. The number of nitrogens with one attached hydrogen (secondary N) is 1. The third-order valence-electron chi connectivity index (χ3n) is 4.44. The molecule has 0 aromatic carbocycles. The summed E-state index contributed by atoms with van der Waals surface area (Å²) in [5.41, 5.74) is 1.90. The first-order valence-corrected chi connectivity index (χ1v) is 10.0. The van der Waals surface area contributed by atoms with Gasteiger partial charge in [-0.2, -0.15) is 0 Å². The van der Waals surface area contributed by atoms with Crippen molar-refractivity contribution in [1.82, 2.24) is 19.3 Å². The van der Waals surface area contributed by atoms with Crippen molar-refractivity contribution in [2.24, 2.45) is 0 Å². The van der Waals surface area contributed by atoms with E-state index in [-0.39, 0.29) is 11.7 Å². The lowest BCUT2D eigenvalue weighted by Crippen LogP contribution is -2.30. The van der Waals surface area contributed by atoms with Crippen LogP contribution in [-0.2, 0) is 10.0 Å². The van der Waals surface area contributed by atoms with Gasteiger partial charge in [0, 0.05) is 31.3 Å². The average Bonchev–Trinajstić information content (AvgIpc) is 3.07. The van der Waals surface area contributed by atoms with E-state index in [0.29, 0.717) is 24.7 Å². The van der Waals surface area contributed by atoms with Gasteiger partial charge in [0.1, 0.15) is 17.5 Å². The third kappa shape index (κ3) is 3.96. The Morgan fingerprint density at radius 2 is 2.12 bits per heavy atom. The molecular formula is C17H23N5O2S. The number of aromatic nitrogens is 3. The Hall–Kier alpha value is -2.06. The van der Waals surface area contributed by atoms with Gasteiger partial charge in [-0.3, -0.25) is 0 Å². The maximum absolute atomic E-state index is 12.1. The average molecular weight is 361 g/mol. The molecule has 134 valence electrons. The van der Waals surface area contributed by atoms with Crippen LogP contribution in [0.15, 0.2) is 24.4 Å². The van der Waals surface area contributed by atoms with Crippen LogP contribution in [0.2, 0.25) is 0 Å². The lowest BCUT2D eigenvalue weighted by atomic mass is 10.0. The van der Waals surface area contributed by atoms with Crippen LogP contribution in [0.25, 0.3) is 0 Å². The Morgan fingerprint density at radius 1 is 1.32 bits per heavy atom. The lowest BCUT2D eigenvalue weighted by molar-refractivity contribution is 0.473. The standard InChI is InChI=1S/C17H23N5O2S/c1-4-25(23,24)22-9-7-14(11-22)15-10-16(20-13(3)19-15)21-17-12(2)6-5-8-18-17/h5-6,8,10,14H,4,7,9,11H2,1-3H3,(H,18,19,20,21)/t14-/m1/s1. The normalized spacial score (nSPS) is 18.4. The van der Waals surface area contributed by atoms with Crippen molar-refractivity contribution in [2.75, 3.05) is 24.2 Å². The molecule has 1 aliphatic rings. The number of hydrogen-bond donors (Lipinski definition) is 1. The van der Waals surface area contributed by atoms with E-state index in [4.69, 9.17) is 0 Å². The van der Waals surface area contributed by atoms with Crippen LogP contribution < -0.4 is 5.32 Å². The highest BCUT2D eigenvalue weighted by atomic mass is 32.2. The van der Waals surface area contributed by atoms with E-state index in [1.807, 2.05) is 32.0 Å². The number of pyridine rings is 1. The molecule has 1 saturated heterocycles. The first-order chi connectivity index (χ1) is 11.9. The molecule has 0 spiro atoms. The van der Waals surface area contributed by atoms with Crippen molar-refractivity contribution in [3.05, 3.63) is 41.5 Å². The predicted octanol–water partition coefficient (Wildman–Crippen LogP) is 2.37. The van der Waals surface area contributed by atoms with Crippen LogP contribution in [0.3, 0.4) is 0 Å². The van der Waals surface area contributed by atoms with Gasteiger partial charge in [0.15, 0.2) is 0 Å². The molecule has 25 heavy (non-hydrogen) atoms. The molecular weight excluding hydrogens is 338 g/mol. The molecule has 3 rings (SSSR count). The van der Waals surface area contributed by atoms with Crippen LogP contribution in [-0.4, -0.2) is 46.5 Å². The molecule has 1 atom stereocenters. The summed E-state index contributed by atoms with van der Waals surface area (Å²) in [5, 5.41) is 3.24. The maximum Gasteiger partial charge on any atom is 0.213 e. The Bertz CT molecular complexity index is 869. The van der Waals surface area contributed by atoms with Crippen LogP contribution in [0.4, 0.5) is 11.6 Å². The molecule has 3 heterocycles. The number of aryl methyl sites for hydroxylation is 2. The number of sulfonamides is 1. The Morgan fingerprint density at radius 3 is 2.84 bits per heavy atom. The van der Waals surface area contributed by atoms with E-state index in [2.05, 4.69) is 20.3 Å². The van der Waals surface area contributed by atoms with Crippen molar-refractivity contribution >= 4 is 21.7 Å². The van der Waals surface area contributed by atoms with Crippen molar-refractivity contribution in [3.8, 4) is 0 Å². The van der Waals surface area contributed by atoms with Gasteiger partial charge in [0.2, 0.25) is 10.0 Å². The molecule has 1 aliphatic heterocycles. The molecule has 0 saturated carbocycles. The zero-order valence-electron chi connectivity index (χ0n) is 14.7.